The van der Waals surface area contributed by atoms with Crippen LogP contribution in [-0.2, 0) is 14.8 Å². The molecular weight excluding hydrogens is 365 g/mol. The highest BCUT2D eigenvalue weighted by atomic mass is 32.2. The molecule has 3 rings (SSSR count). The van der Waals surface area contributed by atoms with Crippen molar-refractivity contribution in [2.75, 3.05) is 39.3 Å². The molecule has 0 bridgehead atoms. The average Bonchev–Trinajstić information content (AvgIpc) is 3.13. The number of nitrogens with zero attached hydrogens (tertiary/aromatic N) is 2. The number of piperazine rings is 1. The van der Waals surface area contributed by atoms with E-state index in [1.165, 1.54) is 22.5 Å². The molecule has 138 valence electrons. The van der Waals surface area contributed by atoms with Crippen molar-refractivity contribution in [2.45, 2.75) is 23.8 Å². The Morgan fingerprint density at radius 2 is 2.00 bits per heavy atom. The van der Waals surface area contributed by atoms with Gasteiger partial charge in [-0.3, -0.25) is 0 Å². The first-order chi connectivity index (χ1) is 12.0. The van der Waals surface area contributed by atoms with E-state index in [-0.39, 0.29) is 24.1 Å². The third-order valence-corrected chi connectivity index (χ3v) is 6.82. The number of nitrogens with one attached hydrogen (secondary N) is 1. The molecular formula is C16H22FN3O3S2. The molecule has 0 spiro atoms. The molecule has 0 radical (unpaired) electrons. The topological polar surface area (TPSA) is 61.9 Å². The summed E-state index contributed by atoms with van der Waals surface area (Å²) in [6, 6.07) is 5.46. The number of sulfonamides is 1. The smallest absolute Gasteiger partial charge is 0.246 e. The Morgan fingerprint density at radius 3 is 2.64 bits per heavy atom. The van der Waals surface area contributed by atoms with E-state index in [4.69, 9.17) is 17.0 Å². The lowest BCUT2D eigenvalue weighted by molar-refractivity contribution is 0.113. The standard InChI is InChI=1S/C16H22FN3O3S2/c17-14-5-1-2-6-15(14)25(21,22)20-9-7-19(8-10-20)16(24)18-12-13-4-3-11-23-13/h1-2,5-6,13H,3-4,7-12H2,(H,18,24)/t13-/m1/s1. The molecule has 2 saturated heterocycles. The minimum atomic E-state index is -3.82. The SMILES string of the molecule is O=S(=O)(c1ccccc1F)N1CCN(C(=S)NC[C@H]2CCCO2)CC1. The Bertz CT molecular complexity index is 715. The molecule has 0 unspecified atom stereocenters. The monoisotopic (exact) mass is 387 g/mol. The minimum absolute atomic E-state index is 0.195. The zero-order valence-electron chi connectivity index (χ0n) is 13.9. The average molecular weight is 388 g/mol. The van der Waals surface area contributed by atoms with Crippen LogP contribution in [0.25, 0.3) is 0 Å². The fourth-order valence-corrected chi connectivity index (χ4v) is 4.80. The first-order valence-corrected chi connectivity index (χ1v) is 10.2. The number of hydrogen-bond acceptors (Lipinski definition) is 4. The molecule has 2 aliphatic rings. The van der Waals surface area contributed by atoms with Gasteiger partial charge >= 0.3 is 0 Å². The second-order valence-electron chi connectivity index (χ2n) is 6.14. The molecule has 0 amide bonds. The molecule has 2 aliphatic heterocycles. The molecule has 6 nitrogen and oxygen atoms in total. The molecule has 1 aromatic rings. The van der Waals surface area contributed by atoms with Gasteiger partial charge in [-0.2, -0.15) is 4.31 Å². The van der Waals surface area contributed by atoms with Crippen LogP contribution in [0.2, 0.25) is 0 Å². The predicted molar refractivity (Wildman–Crippen MR) is 96.3 cm³/mol. The molecule has 0 aliphatic carbocycles. The molecule has 1 aromatic carbocycles. The van der Waals surface area contributed by atoms with Crippen molar-refractivity contribution in [3.8, 4) is 0 Å². The highest BCUT2D eigenvalue weighted by molar-refractivity contribution is 7.89. The molecule has 0 aromatic heterocycles. The maximum atomic E-state index is 13.8. The maximum Gasteiger partial charge on any atom is 0.246 e. The lowest BCUT2D eigenvalue weighted by atomic mass is 10.2. The quantitative estimate of drug-likeness (QED) is 0.783. The van der Waals surface area contributed by atoms with Gasteiger partial charge in [0.25, 0.3) is 0 Å². The van der Waals surface area contributed by atoms with E-state index in [0.29, 0.717) is 24.7 Å². The first-order valence-electron chi connectivity index (χ1n) is 8.37. The van der Waals surface area contributed by atoms with Crippen molar-refractivity contribution in [3.63, 3.8) is 0 Å². The van der Waals surface area contributed by atoms with Crippen LogP contribution in [0.15, 0.2) is 29.2 Å². The van der Waals surface area contributed by atoms with Gasteiger partial charge in [-0.15, -0.1) is 0 Å². The van der Waals surface area contributed by atoms with E-state index >= 15 is 0 Å². The summed E-state index contributed by atoms with van der Waals surface area (Å²) in [6.45, 7) is 2.98. The van der Waals surface area contributed by atoms with Gasteiger partial charge in [0.05, 0.1) is 6.10 Å². The molecule has 1 N–H and O–H groups in total. The van der Waals surface area contributed by atoms with Crippen molar-refractivity contribution < 1.29 is 17.5 Å². The van der Waals surface area contributed by atoms with Crippen LogP contribution in [0.5, 0.6) is 0 Å². The fraction of sp³-hybridized carbons (Fsp3) is 0.562. The largest absolute Gasteiger partial charge is 0.376 e. The molecule has 0 saturated carbocycles. The summed E-state index contributed by atoms with van der Waals surface area (Å²) >= 11 is 5.39. The van der Waals surface area contributed by atoms with Crippen molar-refractivity contribution in [1.82, 2.24) is 14.5 Å². The van der Waals surface area contributed by atoms with Crippen molar-refractivity contribution >= 4 is 27.4 Å². The Balaban J connectivity index is 1.54. The lowest BCUT2D eigenvalue weighted by Gasteiger charge is -2.35. The highest BCUT2D eigenvalue weighted by Crippen LogP contribution is 2.20. The molecule has 1 atom stereocenters. The van der Waals surface area contributed by atoms with Gasteiger partial charge in [-0.05, 0) is 37.2 Å². The van der Waals surface area contributed by atoms with E-state index in [0.717, 1.165) is 25.5 Å². The van der Waals surface area contributed by atoms with E-state index < -0.39 is 15.8 Å². The summed E-state index contributed by atoms with van der Waals surface area (Å²) in [5, 5.41) is 3.80. The van der Waals surface area contributed by atoms with Gasteiger partial charge in [0.15, 0.2) is 5.11 Å². The number of thiocarbonyl (C=S) groups is 1. The zero-order chi connectivity index (χ0) is 17.9. The first kappa shape index (κ1) is 18.5. The molecule has 2 fully saturated rings. The lowest BCUT2D eigenvalue weighted by Crippen LogP contribution is -2.53. The predicted octanol–water partition coefficient (Wildman–Crippen LogP) is 1.19. The van der Waals surface area contributed by atoms with Crippen LogP contribution in [-0.4, -0.2) is 68.2 Å². The summed E-state index contributed by atoms with van der Waals surface area (Å²) < 4.78 is 45.9. The molecule has 2 heterocycles. The van der Waals surface area contributed by atoms with E-state index in [9.17, 15) is 12.8 Å². The second-order valence-corrected chi connectivity index (χ2v) is 8.44. The zero-order valence-corrected chi connectivity index (χ0v) is 15.5. The number of benzene rings is 1. The van der Waals surface area contributed by atoms with E-state index in [1.807, 2.05) is 4.90 Å². The minimum Gasteiger partial charge on any atom is -0.376 e. The molecule has 25 heavy (non-hydrogen) atoms. The third kappa shape index (κ3) is 4.28. The summed E-state index contributed by atoms with van der Waals surface area (Å²) in [5.41, 5.74) is 0. The van der Waals surface area contributed by atoms with Crippen molar-refractivity contribution in [1.29, 1.82) is 0 Å². The number of rotatable bonds is 4. The van der Waals surface area contributed by atoms with E-state index in [1.54, 1.807) is 0 Å². The van der Waals surface area contributed by atoms with Gasteiger partial charge in [-0.25, -0.2) is 12.8 Å². The van der Waals surface area contributed by atoms with E-state index in [2.05, 4.69) is 5.32 Å². The Hall–Kier alpha value is -1.29. The van der Waals surface area contributed by atoms with Gasteiger partial charge in [0, 0.05) is 39.3 Å². The summed E-state index contributed by atoms with van der Waals surface area (Å²) in [5.74, 6) is -0.723. The van der Waals surface area contributed by atoms with Gasteiger partial charge in [0.2, 0.25) is 10.0 Å². The fourth-order valence-electron chi connectivity index (χ4n) is 3.04. The normalized spacial score (nSPS) is 22.1. The van der Waals surface area contributed by atoms with Crippen LogP contribution in [0, 0.1) is 5.82 Å². The highest BCUT2D eigenvalue weighted by Gasteiger charge is 2.31. The summed E-state index contributed by atoms with van der Waals surface area (Å²) in [4.78, 5) is 1.67. The Morgan fingerprint density at radius 1 is 1.28 bits per heavy atom. The summed E-state index contributed by atoms with van der Waals surface area (Å²) in [7, 11) is -3.82. The van der Waals surface area contributed by atoms with Crippen LogP contribution < -0.4 is 5.32 Å². The number of hydrogen-bond donors (Lipinski definition) is 1. The van der Waals surface area contributed by atoms with Gasteiger partial charge in [0.1, 0.15) is 10.7 Å². The van der Waals surface area contributed by atoms with Crippen LogP contribution in [0.1, 0.15) is 12.8 Å². The van der Waals surface area contributed by atoms with Gasteiger partial charge < -0.3 is 15.0 Å². The third-order valence-electron chi connectivity index (χ3n) is 4.49. The number of halogens is 1. The summed E-state index contributed by atoms with van der Waals surface area (Å²) in [6.07, 6.45) is 2.30. The molecule has 9 heteroatoms. The van der Waals surface area contributed by atoms with Crippen molar-refractivity contribution in [3.05, 3.63) is 30.1 Å². The van der Waals surface area contributed by atoms with Gasteiger partial charge in [-0.1, -0.05) is 12.1 Å². The van der Waals surface area contributed by atoms with Crippen LogP contribution in [0.4, 0.5) is 4.39 Å². The van der Waals surface area contributed by atoms with Crippen LogP contribution >= 0.6 is 12.2 Å². The maximum absolute atomic E-state index is 13.8. The Kier molecular flexibility index (Phi) is 5.88. The number of ether oxygens (including phenoxy) is 1. The second kappa shape index (κ2) is 7.94. The van der Waals surface area contributed by atoms with Crippen molar-refractivity contribution in [2.24, 2.45) is 0 Å². The Labute approximate surface area is 153 Å². The van der Waals surface area contributed by atoms with Crippen LogP contribution in [0.3, 0.4) is 0 Å².